The van der Waals surface area contributed by atoms with Crippen LogP contribution in [0.5, 0.6) is 0 Å². The van der Waals surface area contributed by atoms with Crippen LogP contribution < -0.4 is 0 Å². The molecule has 100 valence electrons. The second-order valence-corrected chi connectivity index (χ2v) is 5.31. The van der Waals surface area contributed by atoms with Crippen LogP contribution in [0.4, 0.5) is 0 Å². The molecule has 0 aliphatic heterocycles. The molecule has 0 aliphatic carbocycles. The summed E-state index contributed by atoms with van der Waals surface area (Å²) in [6.07, 6.45) is 2.75. The zero-order valence-corrected chi connectivity index (χ0v) is 12.3. The molecule has 0 saturated carbocycles. The quantitative estimate of drug-likeness (QED) is 0.827. The van der Waals surface area contributed by atoms with Crippen molar-refractivity contribution in [2.45, 2.75) is 13.0 Å². The topological polar surface area (TPSA) is 16.1 Å². The van der Waals surface area contributed by atoms with Crippen LogP contribution in [0.2, 0.25) is 10.0 Å². The van der Waals surface area contributed by atoms with Crippen molar-refractivity contribution >= 4 is 23.2 Å². The first-order valence-corrected chi connectivity index (χ1v) is 6.94. The van der Waals surface area contributed by atoms with Crippen LogP contribution in [-0.2, 0) is 13.0 Å². The minimum Gasteiger partial charge on any atom is -0.302 e. The van der Waals surface area contributed by atoms with E-state index < -0.39 is 0 Å². The minimum absolute atomic E-state index is 0.609. The Morgan fingerprint density at radius 2 is 1.95 bits per heavy atom. The maximum atomic E-state index is 6.18. The lowest BCUT2D eigenvalue weighted by atomic mass is 10.2. The lowest BCUT2D eigenvalue weighted by Gasteiger charge is -2.17. The summed E-state index contributed by atoms with van der Waals surface area (Å²) in [5.41, 5.74) is 2.16. The third-order valence-corrected chi connectivity index (χ3v) is 3.81. The van der Waals surface area contributed by atoms with Crippen LogP contribution >= 0.6 is 23.2 Å². The molecule has 2 nitrogen and oxygen atoms in total. The molecule has 0 radical (unpaired) electrons. The van der Waals surface area contributed by atoms with Crippen LogP contribution in [0, 0.1) is 0 Å². The summed E-state index contributed by atoms with van der Waals surface area (Å²) in [6, 6.07) is 11.7. The maximum Gasteiger partial charge on any atom is 0.0637 e. The van der Waals surface area contributed by atoms with E-state index in [1.807, 2.05) is 36.5 Å². The summed E-state index contributed by atoms with van der Waals surface area (Å²) < 4.78 is 0. The number of hydrogen-bond donors (Lipinski definition) is 0. The van der Waals surface area contributed by atoms with Gasteiger partial charge in [-0.25, -0.2) is 0 Å². The van der Waals surface area contributed by atoms with E-state index in [1.54, 1.807) is 6.07 Å². The summed E-state index contributed by atoms with van der Waals surface area (Å²) in [4.78, 5) is 6.53. The molecule has 4 heteroatoms. The number of hydrogen-bond acceptors (Lipinski definition) is 2. The predicted molar refractivity (Wildman–Crippen MR) is 80.7 cm³/mol. The fraction of sp³-hybridized carbons (Fsp3) is 0.267. The van der Waals surface area contributed by atoms with Gasteiger partial charge >= 0.3 is 0 Å². The second-order valence-electron chi connectivity index (χ2n) is 4.52. The third kappa shape index (κ3) is 4.20. The van der Waals surface area contributed by atoms with E-state index in [2.05, 4.69) is 16.9 Å². The second kappa shape index (κ2) is 6.90. The van der Waals surface area contributed by atoms with E-state index in [4.69, 9.17) is 23.2 Å². The van der Waals surface area contributed by atoms with Crippen LogP contribution in [0.15, 0.2) is 42.6 Å². The Labute approximate surface area is 124 Å². The van der Waals surface area contributed by atoms with Crippen LogP contribution in [0.1, 0.15) is 11.3 Å². The van der Waals surface area contributed by atoms with E-state index in [0.29, 0.717) is 10.0 Å². The molecule has 0 bridgehead atoms. The maximum absolute atomic E-state index is 6.18. The highest BCUT2D eigenvalue weighted by Gasteiger charge is 2.07. The highest BCUT2D eigenvalue weighted by molar-refractivity contribution is 6.42. The van der Waals surface area contributed by atoms with Gasteiger partial charge in [-0.1, -0.05) is 41.4 Å². The summed E-state index contributed by atoms with van der Waals surface area (Å²) in [6.45, 7) is 1.71. The Morgan fingerprint density at radius 3 is 2.68 bits per heavy atom. The van der Waals surface area contributed by atoms with Gasteiger partial charge in [-0.15, -0.1) is 0 Å². The van der Waals surface area contributed by atoms with Crippen LogP contribution in [0.3, 0.4) is 0 Å². The van der Waals surface area contributed by atoms with Gasteiger partial charge in [-0.05, 0) is 30.8 Å². The zero-order valence-electron chi connectivity index (χ0n) is 10.8. The number of halogens is 2. The Morgan fingerprint density at radius 1 is 1.11 bits per heavy atom. The summed E-state index contributed by atoms with van der Waals surface area (Å²) in [5, 5.41) is 1.26. The SMILES string of the molecule is CN(CCc1ccccn1)Cc1cccc(Cl)c1Cl. The average molecular weight is 295 g/mol. The molecule has 0 saturated heterocycles. The average Bonchev–Trinajstić information content (AvgIpc) is 2.43. The first-order chi connectivity index (χ1) is 9.16. The Balaban J connectivity index is 1.91. The van der Waals surface area contributed by atoms with Crippen molar-refractivity contribution < 1.29 is 0 Å². The van der Waals surface area contributed by atoms with Gasteiger partial charge in [-0.2, -0.15) is 0 Å². The van der Waals surface area contributed by atoms with Crippen molar-refractivity contribution in [1.29, 1.82) is 0 Å². The summed E-state index contributed by atoms with van der Waals surface area (Å²) in [5.74, 6) is 0. The van der Waals surface area contributed by atoms with Crippen molar-refractivity contribution in [1.82, 2.24) is 9.88 Å². The van der Waals surface area contributed by atoms with Gasteiger partial charge in [0.2, 0.25) is 0 Å². The molecule has 0 atom stereocenters. The molecule has 1 heterocycles. The molecular formula is C15H16Cl2N2. The van der Waals surface area contributed by atoms with Crippen molar-refractivity contribution in [3.63, 3.8) is 0 Å². The van der Waals surface area contributed by atoms with Crippen molar-refractivity contribution in [2.24, 2.45) is 0 Å². The molecule has 0 fully saturated rings. The molecule has 19 heavy (non-hydrogen) atoms. The Hall–Kier alpha value is -1.09. The highest BCUT2D eigenvalue weighted by atomic mass is 35.5. The molecule has 0 aliphatic rings. The van der Waals surface area contributed by atoms with Crippen molar-refractivity contribution in [3.8, 4) is 0 Å². The van der Waals surface area contributed by atoms with Gasteiger partial charge in [0, 0.05) is 31.4 Å². The van der Waals surface area contributed by atoms with Crippen molar-refractivity contribution in [2.75, 3.05) is 13.6 Å². The Kier molecular flexibility index (Phi) is 5.20. The fourth-order valence-electron chi connectivity index (χ4n) is 1.89. The molecular weight excluding hydrogens is 279 g/mol. The third-order valence-electron chi connectivity index (χ3n) is 2.95. The summed E-state index contributed by atoms with van der Waals surface area (Å²) >= 11 is 12.2. The standard InChI is InChI=1S/C15H16Cl2N2/c1-19(10-8-13-6-2-3-9-18-13)11-12-5-4-7-14(16)15(12)17/h2-7,9H,8,10-11H2,1H3. The molecule has 1 aromatic heterocycles. The van der Waals surface area contributed by atoms with E-state index in [0.717, 1.165) is 30.8 Å². The van der Waals surface area contributed by atoms with Gasteiger partial charge in [0.05, 0.1) is 10.0 Å². The van der Waals surface area contributed by atoms with Gasteiger partial charge in [0.25, 0.3) is 0 Å². The molecule has 0 spiro atoms. The van der Waals surface area contributed by atoms with E-state index in [1.165, 1.54) is 0 Å². The number of likely N-dealkylation sites (N-methyl/N-ethyl adjacent to an activating group) is 1. The molecule has 0 N–H and O–H groups in total. The van der Waals surface area contributed by atoms with E-state index >= 15 is 0 Å². The molecule has 1 aromatic carbocycles. The monoisotopic (exact) mass is 294 g/mol. The van der Waals surface area contributed by atoms with Gasteiger partial charge < -0.3 is 4.90 Å². The smallest absolute Gasteiger partial charge is 0.0637 e. The fourth-order valence-corrected chi connectivity index (χ4v) is 2.27. The Bertz CT molecular complexity index is 529. The van der Waals surface area contributed by atoms with Gasteiger partial charge in [0.15, 0.2) is 0 Å². The van der Waals surface area contributed by atoms with Gasteiger partial charge in [0.1, 0.15) is 0 Å². The highest BCUT2D eigenvalue weighted by Crippen LogP contribution is 2.26. The molecule has 0 unspecified atom stereocenters. The van der Waals surface area contributed by atoms with Crippen LogP contribution in [0.25, 0.3) is 0 Å². The number of benzene rings is 1. The normalized spacial score (nSPS) is 10.9. The first kappa shape index (κ1) is 14.3. The van der Waals surface area contributed by atoms with E-state index in [9.17, 15) is 0 Å². The summed E-state index contributed by atoms with van der Waals surface area (Å²) in [7, 11) is 2.07. The molecule has 0 amide bonds. The molecule has 2 rings (SSSR count). The number of rotatable bonds is 5. The number of pyridine rings is 1. The van der Waals surface area contributed by atoms with Crippen LogP contribution in [-0.4, -0.2) is 23.5 Å². The molecule has 2 aromatic rings. The zero-order chi connectivity index (χ0) is 13.7. The number of nitrogens with zero attached hydrogens (tertiary/aromatic N) is 2. The predicted octanol–water partition coefficient (Wildman–Crippen LogP) is 4.06. The van der Waals surface area contributed by atoms with Crippen molar-refractivity contribution in [3.05, 3.63) is 63.9 Å². The lowest BCUT2D eigenvalue weighted by Crippen LogP contribution is -2.21. The van der Waals surface area contributed by atoms with Gasteiger partial charge in [-0.3, -0.25) is 4.98 Å². The lowest BCUT2D eigenvalue weighted by molar-refractivity contribution is 0.330. The van der Waals surface area contributed by atoms with E-state index in [-0.39, 0.29) is 0 Å². The minimum atomic E-state index is 0.609. The first-order valence-electron chi connectivity index (χ1n) is 6.18. The number of aromatic nitrogens is 1. The largest absolute Gasteiger partial charge is 0.302 e.